The summed E-state index contributed by atoms with van der Waals surface area (Å²) in [6, 6.07) is 8.80. The summed E-state index contributed by atoms with van der Waals surface area (Å²) >= 11 is 0. The van der Waals surface area contributed by atoms with E-state index in [1.54, 1.807) is 18.2 Å². The molecule has 0 atom stereocenters. The van der Waals surface area contributed by atoms with Gasteiger partial charge in [0.05, 0.1) is 11.3 Å². The number of nitrogen functional groups attached to an aromatic ring is 1. The van der Waals surface area contributed by atoms with Crippen LogP contribution >= 0.6 is 0 Å². The van der Waals surface area contributed by atoms with Gasteiger partial charge in [-0.3, -0.25) is 4.79 Å². The molecule has 1 amide bonds. The van der Waals surface area contributed by atoms with Gasteiger partial charge >= 0.3 is 0 Å². The fraction of sp³-hybridized carbons (Fsp3) is 0.133. The van der Waals surface area contributed by atoms with Crippen molar-refractivity contribution in [3.63, 3.8) is 0 Å². The molecule has 0 saturated heterocycles. The van der Waals surface area contributed by atoms with Crippen LogP contribution in [0.4, 0.5) is 20.2 Å². The number of halogens is 2. The number of amides is 1. The fourth-order valence-electron chi connectivity index (χ4n) is 1.81. The summed E-state index contributed by atoms with van der Waals surface area (Å²) in [5.74, 6) is -2.49. The van der Waals surface area contributed by atoms with Gasteiger partial charge in [0.15, 0.2) is 0 Å². The van der Waals surface area contributed by atoms with Gasteiger partial charge in [-0.15, -0.1) is 0 Å². The molecular weight excluding hydrogens is 262 g/mol. The van der Waals surface area contributed by atoms with Gasteiger partial charge in [0.1, 0.15) is 11.6 Å². The van der Waals surface area contributed by atoms with Crippen molar-refractivity contribution in [3.8, 4) is 0 Å². The van der Waals surface area contributed by atoms with Crippen molar-refractivity contribution < 1.29 is 13.6 Å². The van der Waals surface area contributed by atoms with Crippen LogP contribution in [0.25, 0.3) is 0 Å². The molecule has 3 N–H and O–H groups in total. The Morgan fingerprint density at radius 1 is 1.20 bits per heavy atom. The Hall–Kier alpha value is -2.43. The molecule has 0 aliphatic heterocycles. The van der Waals surface area contributed by atoms with Crippen LogP contribution in [-0.2, 0) is 6.42 Å². The van der Waals surface area contributed by atoms with Gasteiger partial charge in [-0.25, -0.2) is 8.78 Å². The lowest BCUT2D eigenvalue weighted by molar-refractivity contribution is 0.102. The van der Waals surface area contributed by atoms with Gasteiger partial charge < -0.3 is 11.1 Å². The maximum absolute atomic E-state index is 13.6. The molecule has 0 aromatic heterocycles. The molecule has 3 nitrogen and oxygen atoms in total. The lowest BCUT2D eigenvalue weighted by Crippen LogP contribution is -2.14. The Morgan fingerprint density at radius 2 is 1.95 bits per heavy atom. The van der Waals surface area contributed by atoms with E-state index in [1.807, 2.05) is 13.0 Å². The maximum atomic E-state index is 13.6. The van der Waals surface area contributed by atoms with Crippen molar-refractivity contribution in [1.82, 2.24) is 0 Å². The largest absolute Gasteiger partial charge is 0.396 e. The molecule has 0 heterocycles. The van der Waals surface area contributed by atoms with Crippen molar-refractivity contribution in [3.05, 3.63) is 59.2 Å². The van der Waals surface area contributed by atoms with Crippen molar-refractivity contribution in [2.75, 3.05) is 11.1 Å². The molecule has 0 aliphatic carbocycles. The summed E-state index contributed by atoms with van der Waals surface area (Å²) in [6.07, 6.45) is 0.821. The van der Waals surface area contributed by atoms with E-state index in [1.165, 1.54) is 0 Å². The average molecular weight is 276 g/mol. The Kier molecular flexibility index (Phi) is 3.98. The highest BCUT2D eigenvalue weighted by molar-refractivity contribution is 6.05. The van der Waals surface area contributed by atoms with Crippen molar-refractivity contribution in [1.29, 1.82) is 0 Å². The summed E-state index contributed by atoms with van der Waals surface area (Å²) < 4.78 is 26.6. The number of hydrogen-bond donors (Lipinski definition) is 2. The Labute approximate surface area is 115 Å². The van der Waals surface area contributed by atoms with E-state index in [0.717, 1.165) is 18.1 Å². The quantitative estimate of drug-likeness (QED) is 0.844. The number of anilines is 2. The van der Waals surface area contributed by atoms with Crippen LogP contribution in [0, 0.1) is 11.6 Å². The lowest BCUT2D eigenvalue weighted by atomic mass is 10.1. The summed E-state index contributed by atoms with van der Waals surface area (Å²) in [5.41, 5.74) is 6.39. The third-order valence-electron chi connectivity index (χ3n) is 2.92. The Morgan fingerprint density at radius 3 is 2.65 bits per heavy atom. The molecule has 2 aromatic rings. The molecule has 0 saturated carbocycles. The normalized spacial score (nSPS) is 10.3. The molecule has 0 fully saturated rings. The monoisotopic (exact) mass is 276 g/mol. The summed E-state index contributed by atoms with van der Waals surface area (Å²) in [4.78, 5) is 12.0. The van der Waals surface area contributed by atoms with Gasteiger partial charge in [0, 0.05) is 11.8 Å². The van der Waals surface area contributed by atoms with Crippen molar-refractivity contribution >= 4 is 17.3 Å². The molecule has 0 radical (unpaired) electrons. The number of nitrogens with one attached hydrogen (secondary N) is 1. The standard InChI is InChI=1S/C15H14F2N2O/c1-2-9-4-3-5-10(6-9)19-15(20)11-7-14(18)13(17)8-12(11)16/h3-8H,2,18H2,1H3,(H,19,20). The highest BCUT2D eigenvalue weighted by Gasteiger charge is 2.15. The first kappa shape index (κ1) is 14.0. The van der Waals surface area contributed by atoms with Crippen LogP contribution < -0.4 is 11.1 Å². The van der Waals surface area contributed by atoms with Crippen LogP contribution in [-0.4, -0.2) is 5.91 Å². The van der Waals surface area contributed by atoms with Crippen molar-refractivity contribution in [2.45, 2.75) is 13.3 Å². The highest BCUT2D eigenvalue weighted by atomic mass is 19.1. The van der Waals surface area contributed by atoms with Gasteiger partial charge in [-0.2, -0.15) is 0 Å². The molecule has 0 unspecified atom stereocenters. The summed E-state index contributed by atoms with van der Waals surface area (Å²) in [7, 11) is 0. The van der Waals surface area contributed by atoms with E-state index in [9.17, 15) is 13.6 Å². The lowest BCUT2D eigenvalue weighted by Gasteiger charge is -2.08. The van der Waals surface area contributed by atoms with E-state index in [-0.39, 0.29) is 11.3 Å². The van der Waals surface area contributed by atoms with E-state index >= 15 is 0 Å². The zero-order valence-electron chi connectivity index (χ0n) is 10.9. The van der Waals surface area contributed by atoms with Crippen LogP contribution in [0.5, 0.6) is 0 Å². The van der Waals surface area contributed by atoms with Gasteiger partial charge in [0.25, 0.3) is 5.91 Å². The number of aryl methyl sites for hydroxylation is 1. The molecule has 20 heavy (non-hydrogen) atoms. The number of carbonyl (C=O) groups excluding carboxylic acids is 1. The minimum atomic E-state index is -0.944. The second-order valence-corrected chi connectivity index (χ2v) is 4.36. The number of nitrogens with two attached hydrogens (primary N) is 1. The zero-order valence-corrected chi connectivity index (χ0v) is 10.9. The molecule has 0 spiro atoms. The molecule has 2 aromatic carbocycles. The van der Waals surface area contributed by atoms with Gasteiger partial charge in [-0.1, -0.05) is 19.1 Å². The van der Waals surface area contributed by atoms with E-state index in [2.05, 4.69) is 5.32 Å². The second-order valence-electron chi connectivity index (χ2n) is 4.36. The predicted molar refractivity (Wildman–Crippen MR) is 74.5 cm³/mol. The molecular formula is C15H14F2N2O. The smallest absolute Gasteiger partial charge is 0.258 e. The number of hydrogen-bond acceptors (Lipinski definition) is 2. The minimum Gasteiger partial charge on any atom is -0.396 e. The first-order valence-electron chi connectivity index (χ1n) is 6.16. The molecule has 0 aliphatic rings. The van der Waals surface area contributed by atoms with Gasteiger partial charge in [0.2, 0.25) is 0 Å². The third-order valence-corrected chi connectivity index (χ3v) is 2.92. The van der Waals surface area contributed by atoms with E-state index in [4.69, 9.17) is 5.73 Å². The van der Waals surface area contributed by atoms with E-state index in [0.29, 0.717) is 11.8 Å². The summed E-state index contributed by atoms with van der Waals surface area (Å²) in [6.45, 7) is 1.99. The first-order valence-corrected chi connectivity index (χ1v) is 6.16. The van der Waals surface area contributed by atoms with Crippen LogP contribution in [0.1, 0.15) is 22.8 Å². The van der Waals surface area contributed by atoms with Crippen LogP contribution in [0.2, 0.25) is 0 Å². The maximum Gasteiger partial charge on any atom is 0.258 e. The van der Waals surface area contributed by atoms with Crippen LogP contribution in [0.15, 0.2) is 36.4 Å². The SMILES string of the molecule is CCc1cccc(NC(=O)c2cc(N)c(F)cc2F)c1. The van der Waals surface area contributed by atoms with Gasteiger partial charge in [-0.05, 0) is 30.2 Å². The minimum absolute atomic E-state index is 0.265. The topological polar surface area (TPSA) is 55.1 Å². The molecule has 2 rings (SSSR count). The number of carbonyl (C=O) groups is 1. The Balaban J connectivity index is 2.26. The van der Waals surface area contributed by atoms with Crippen LogP contribution in [0.3, 0.4) is 0 Å². The third kappa shape index (κ3) is 2.93. The zero-order chi connectivity index (χ0) is 14.7. The molecule has 5 heteroatoms. The predicted octanol–water partition coefficient (Wildman–Crippen LogP) is 3.36. The highest BCUT2D eigenvalue weighted by Crippen LogP contribution is 2.19. The first-order chi connectivity index (χ1) is 9.51. The number of benzene rings is 2. The fourth-order valence-corrected chi connectivity index (χ4v) is 1.81. The number of rotatable bonds is 3. The van der Waals surface area contributed by atoms with Crippen molar-refractivity contribution in [2.24, 2.45) is 0 Å². The molecule has 104 valence electrons. The molecule has 0 bridgehead atoms. The average Bonchev–Trinajstić information content (AvgIpc) is 2.43. The summed E-state index contributed by atoms with van der Waals surface area (Å²) in [5, 5.41) is 2.56. The second kappa shape index (κ2) is 5.69. The Bertz CT molecular complexity index is 656. The van der Waals surface area contributed by atoms with E-state index < -0.39 is 17.5 Å².